The molecule has 2 unspecified atom stereocenters. The molecule has 84 valence electrons. The van der Waals surface area contributed by atoms with Crippen LogP contribution in [-0.4, -0.2) is 25.3 Å². The molecule has 0 aromatic heterocycles. The predicted molar refractivity (Wildman–Crippen MR) is 62.5 cm³/mol. The Balaban J connectivity index is 4.02. The van der Waals surface area contributed by atoms with Crippen LogP contribution in [0.5, 0.6) is 0 Å². The normalized spacial score (nSPS) is 16.4. The van der Waals surface area contributed by atoms with Crippen molar-refractivity contribution in [3.63, 3.8) is 0 Å². The zero-order valence-electron chi connectivity index (χ0n) is 10.3. The van der Waals surface area contributed by atoms with Crippen molar-refractivity contribution in [3.8, 4) is 0 Å². The Bertz CT molecular complexity index is 166. The van der Waals surface area contributed by atoms with Crippen LogP contribution in [0.15, 0.2) is 12.7 Å². The van der Waals surface area contributed by atoms with Crippen molar-refractivity contribution in [1.29, 1.82) is 0 Å². The number of nitrogens with one attached hydrogen (secondary N) is 1. The summed E-state index contributed by atoms with van der Waals surface area (Å²) in [6, 6.07) is 0.484. The minimum Gasteiger partial charge on any atom is -0.383 e. The lowest BCUT2D eigenvalue weighted by atomic mass is 9.96. The van der Waals surface area contributed by atoms with Gasteiger partial charge in [-0.3, -0.25) is 0 Å². The van der Waals surface area contributed by atoms with Crippen LogP contribution in [0.1, 0.15) is 34.1 Å². The monoisotopic (exact) mass is 199 g/mol. The maximum Gasteiger partial charge on any atom is 0.0639 e. The first kappa shape index (κ1) is 13.7. The first-order chi connectivity index (χ1) is 6.43. The topological polar surface area (TPSA) is 21.3 Å². The van der Waals surface area contributed by atoms with E-state index in [9.17, 15) is 0 Å². The Labute approximate surface area is 88.7 Å². The molecule has 0 amide bonds. The molecule has 0 aliphatic carbocycles. The SMILES string of the molecule is C=CCC(C)C(C)NC(C)(C)COC. The zero-order chi connectivity index (χ0) is 11.2. The second-order valence-electron chi connectivity index (χ2n) is 4.75. The van der Waals surface area contributed by atoms with Crippen molar-refractivity contribution in [2.45, 2.75) is 45.7 Å². The van der Waals surface area contributed by atoms with E-state index in [1.165, 1.54) is 0 Å². The fourth-order valence-corrected chi connectivity index (χ4v) is 1.63. The maximum absolute atomic E-state index is 5.16. The quantitative estimate of drug-likeness (QED) is 0.636. The molecule has 0 fully saturated rings. The van der Waals surface area contributed by atoms with E-state index >= 15 is 0 Å². The van der Waals surface area contributed by atoms with Crippen LogP contribution in [0.25, 0.3) is 0 Å². The molecule has 0 saturated heterocycles. The summed E-state index contributed by atoms with van der Waals surface area (Å²) in [4.78, 5) is 0. The van der Waals surface area contributed by atoms with Gasteiger partial charge in [-0.05, 0) is 33.1 Å². The summed E-state index contributed by atoms with van der Waals surface area (Å²) in [7, 11) is 1.74. The number of hydrogen-bond acceptors (Lipinski definition) is 2. The highest BCUT2D eigenvalue weighted by Gasteiger charge is 2.22. The van der Waals surface area contributed by atoms with Gasteiger partial charge in [0.1, 0.15) is 0 Å². The van der Waals surface area contributed by atoms with E-state index in [1.807, 2.05) is 6.08 Å². The van der Waals surface area contributed by atoms with E-state index in [2.05, 4.69) is 39.6 Å². The Morgan fingerprint density at radius 3 is 2.43 bits per heavy atom. The van der Waals surface area contributed by atoms with Gasteiger partial charge in [0, 0.05) is 18.7 Å². The van der Waals surface area contributed by atoms with Crippen LogP contribution in [0, 0.1) is 5.92 Å². The van der Waals surface area contributed by atoms with Crippen LogP contribution in [0.4, 0.5) is 0 Å². The van der Waals surface area contributed by atoms with Gasteiger partial charge in [0.2, 0.25) is 0 Å². The molecule has 0 aromatic carbocycles. The number of rotatable bonds is 7. The average Bonchev–Trinajstić information content (AvgIpc) is 2.03. The number of ether oxygens (including phenoxy) is 1. The van der Waals surface area contributed by atoms with Crippen molar-refractivity contribution >= 4 is 0 Å². The minimum absolute atomic E-state index is 0.0452. The Kier molecular flexibility index (Phi) is 6.05. The van der Waals surface area contributed by atoms with E-state index in [0.717, 1.165) is 13.0 Å². The lowest BCUT2D eigenvalue weighted by Crippen LogP contribution is -2.49. The standard InChI is InChI=1S/C12H25NO/c1-7-8-10(2)11(3)13-12(4,5)9-14-6/h7,10-11,13H,1,8-9H2,2-6H3. The summed E-state index contributed by atoms with van der Waals surface area (Å²) < 4.78 is 5.16. The second kappa shape index (κ2) is 6.20. The molecule has 0 radical (unpaired) electrons. The van der Waals surface area contributed by atoms with Gasteiger partial charge in [0.25, 0.3) is 0 Å². The molecule has 0 saturated carbocycles. The molecule has 0 aliphatic heterocycles. The van der Waals surface area contributed by atoms with Gasteiger partial charge in [-0.2, -0.15) is 0 Å². The first-order valence-electron chi connectivity index (χ1n) is 5.30. The third kappa shape index (κ3) is 5.40. The lowest BCUT2D eigenvalue weighted by Gasteiger charge is -2.32. The van der Waals surface area contributed by atoms with Crippen molar-refractivity contribution in [2.75, 3.05) is 13.7 Å². The van der Waals surface area contributed by atoms with E-state index in [0.29, 0.717) is 12.0 Å². The minimum atomic E-state index is 0.0452. The zero-order valence-corrected chi connectivity index (χ0v) is 10.3. The highest BCUT2D eigenvalue weighted by atomic mass is 16.5. The number of hydrogen-bond donors (Lipinski definition) is 1. The van der Waals surface area contributed by atoms with E-state index in [-0.39, 0.29) is 5.54 Å². The smallest absolute Gasteiger partial charge is 0.0639 e. The molecule has 0 heterocycles. The summed E-state index contributed by atoms with van der Waals surface area (Å²) in [5, 5.41) is 3.57. The van der Waals surface area contributed by atoms with Crippen molar-refractivity contribution in [1.82, 2.24) is 5.32 Å². The first-order valence-corrected chi connectivity index (χ1v) is 5.30. The van der Waals surface area contributed by atoms with Gasteiger partial charge < -0.3 is 10.1 Å². The summed E-state index contributed by atoms with van der Waals surface area (Å²) in [5.41, 5.74) is 0.0452. The fourth-order valence-electron chi connectivity index (χ4n) is 1.63. The van der Waals surface area contributed by atoms with Gasteiger partial charge in [-0.15, -0.1) is 6.58 Å². The van der Waals surface area contributed by atoms with Gasteiger partial charge in [-0.25, -0.2) is 0 Å². The van der Waals surface area contributed by atoms with Crippen LogP contribution in [0.2, 0.25) is 0 Å². The molecule has 0 aliphatic rings. The molecule has 0 bridgehead atoms. The summed E-state index contributed by atoms with van der Waals surface area (Å²) in [5.74, 6) is 0.614. The highest BCUT2D eigenvalue weighted by molar-refractivity contribution is 4.84. The predicted octanol–water partition coefficient (Wildman–Crippen LogP) is 2.60. The third-order valence-corrected chi connectivity index (χ3v) is 2.52. The highest BCUT2D eigenvalue weighted by Crippen LogP contribution is 2.12. The molecular formula is C12H25NO. The summed E-state index contributed by atoms with van der Waals surface area (Å²) in [6.45, 7) is 13.3. The summed E-state index contributed by atoms with van der Waals surface area (Å²) >= 11 is 0. The molecule has 0 rings (SSSR count). The molecule has 2 atom stereocenters. The van der Waals surface area contributed by atoms with Gasteiger partial charge in [-0.1, -0.05) is 13.0 Å². The molecule has 2 heteroatoms. The summed E-state index contributed by atoms with van der Waals surface area (Å²) in [6.07, 6.45) is 3.03. The van der Waals surface area contributed by atoms with E-state index in [4.69, 9.17) is 4.74 Å². The van der Waals surface area contributed by atoms with Crippen LogP contribution in [0.3, 0.4) is 0 Å². The van der Waals surface area contributed by atoms with E-state index < -0.39 is 0 Å². The number of allylic oxidation sites excluding steroid dienone is 1. The molecule has 0 spiro atoms. The molecule has 2 nitrogen and oxygen atoms in total. The Hall–Kier alpha value is -0.340. The van der Waals surface area contributed by atoms with Crippen LogP contribution in [-0.2, 0) is 4.74 Å². The largest absolute Gasteiger partial charge is 0.383 e. The van der Waals surface area contributed by atoms with Crippen LogP contribution < -0.4 is 5.32 Å². The van der Waals surface area contributed by atoms with Gasteiger partial charge >= 0.3 is 0 Å². The molecule has 0 aromatic rings. The molecular weight excluding hydrogens is 174 g/mol. The maximum atomic E-state index is 5.16. The van der Waals surface area contributed by atoms with Crippen molar-refractivity contribution < 1.29 is 4.74 Å². The molecule has 1 N–H and O–H groups in total. The Morgan fingerprint density at radius 2 is 2.00 bits per heavy atom. The molecule has 14 heavy (non-hydrogen) atoms. The van der Waals surface area contributed by atoms with Crippen molar-refractivity contribution in [3.05, 3.63) is 12.7 Å². The third-order valence-electron chi connectivity index (χ3n) is 2.52. The van der Waals surface area contributed by atoms with E-state index in [1.54, 1.807) is 7.11 Å². The lowest BCUT2D eigenvalue weighted by molar-refractivity contribution is 0.116. The van der Waals surface area contributed by atoms with Gasteiger partial charge in [0.05, 0.1) is 6.61 Å². The van der Waals surface area contributed by atoms with Gasteiger partial charge in [0.15, 0.2) is 0 Å². The number of methoxy groups -OCH3 is 1. The van der Waals surface area contributed by atoms with Crippen molar-refractivity contribution in [2.24, 2.45) is 5.92 Å². The second-order valence-corrected chi connectivity index (χ2v) is 4.75. The fraction of sp³-hybridized carbons (Fsp3) is 0.833. The average molecular weight is 199 g/mol. The Morgan fingerprint density at radius 1 is 1.43 bits per heavy atom. The van der Waals surface area contributed by atoms with Crippen LogP contribution >= 0.6 is 0 Å².